The van der Waals surface area contributed by atoms with Crippen LogP contribution in [0.4, 0.5) is 14.5 Å². The fourth-order valence-corrected chi connectivity index (χ4v) is 3.77. The molecule has 0 unspecified atom stereocenters. The summed E-state index contributed by atoms with van der Waals surface area (Å²) in [7, 11) is -3.95. The number of rotatable bonds is 3. The summed E-state index contributed by atoms with van der Waals surface area (Å²) < 4.78 is 52.1. The number of sulfone groups is 1. The van der Waals surface area contributed by atoms with Crippen molar-refractivity contribution in [2.24, 2.45) is 0 Å². The Morgan fingerprint density at radius 3 is 2.30 bits per heavy atom. The van der Waals surface area contributed by atoms with E-state index in [1.165, 1.54) is 18.2 Å². The first kappa shape index (κ1) is 14.9. The minimum absolute atomic E-state index is 0.0324. The van der Waals surface area contributed by atoms with Crippen LogP contribution in [0.1, 0.15) is 5.56 Å². The largest absolute Gasteiger partial charge is 0.398 e. The summed E-state index contributed by atoms with van der Waals surface area (Å²) in [6.07, 6.45) is 0. The molecule has 0 saturated carbocycles. The lowest BCUT2D eigenvalue weighted by molar-refractivity contribution is 0.556. The molecule has 0 amide bonds. The van der Waals surface area contributed by atoms with Gasteiger partial charge in [-0.05, 0) is 30.3 Å². The number of hydrogen-bond acceptors (Lipinski definition) is 3. The highest BCUT2D eigenvalue weighted by Gasteiger charge is 2.22. The molecule has 0 spiro atoms. The quantitative estimate of drug-likeness (QED) is 0.853. The summed E-state index contributed by atoms with van der Waals surface area (Å²) >= 11 is 3.13. The second-order valence-corrected chi connectivity index (χ2v) is 7.02. The van der Waals surface area contributed by atoms with Gasteiger partial charge in [0.1, 0.15) is 11.6 Å². The highest BCUT2D eigenvalue weighted by atomic mass is 79.9. The van der Waals surface area contributed by atoms with Gasteiger partial charge in [0.05, 0.1) is 16.3 Å². The Hall–Kier alpha value is -1.47. The molecule has 0 bridgehead atoms. The predicted molar refractivity (Wildman–Crippen MR) is 75.8 cm³/mol. The Morgan fingerprint density at radius 2 is 1.70 bits per heavy atom. The Morgan fingerprint density at radius 1 is 1.10 bits per heavy atom. The monoisotopic (exact) mass is 361 g/mol. The third-order valence-electron chi connectivity index (χ3n) is 2.71. The van der Waals surface area contributed by atoms with Crippen LogP contribution in [0, 0.1) is 11.6 Å². The van der Waals surface area contributed by atoms with E-state index in [0.29, 0.717) is 4.47 Å². The van der Waals surface area contributed by atoms with Crippen LogP contribution >= 0.6 is 15.9 Å². The van der Waals surface area contributed by atoms with Crippen molar-refractivity contribution in [1.29, 1.82) is 0 Å². The van der Waals surface area contributed by atoms with Gasteiger partial charge in [0.25, 0.3) is 0 Å². The van der Waals surface area contributed by atoms with E-state index < -0.39 is 32.8 Å². The Kier molecular flexibility index (Phi) is 4.10. The maximum absolute atomic E-state index is 13.5. The lowest BCUT2D eigenvalue weighted by Gasteiger charge is -2.09. The number of halogens is 3. The molecule has 0 saturated heterocycles. The van der Waals surface area contributed by atoms with E-state index >= 15 is 0 Å². The van der Waals surface area contributed by atoms with Crippen molar-refractivity contribution in [3.63, 3.8) is 0 Å². The van der Waals surface area contributed by atoms with Gasteiger partial charge in [-0.2, -0.15) is 0 Å². The third-order valence-corrected chi connectivity index (χ3v) is 4.89. The molecule has 0 aliphatic heterocycles. The van der Waals surface area contributed by atoms with Crippen LogP contribution in [0.2, 0.25) is 0 Å². The fraction of sp³-hybridized carbons (Fsp3) is 0.0769. The van der Waals surface area contributed by atoms with E-state index in [9.17, 15) is 17.2 Å². The minimum atomic E-state index is -3.95. The van der Waals surface area contributed by atoms with Crippen LogP contribution in [0.15, 0.2) is 45.8 Å². The van der Waals surface area contributed by atoms with E-state index in [1.54, 1.807) is 6.07 Å². The summed E-state index contributed by atoms with van der Waals surface area (Å²) in [6.45, 7) is 0. The van der Waals surface area contributed by atoms with Crippen molar-refractivity contribution >= 4 is 31.5 Å². The first-order valence-corrected chi connectivity index (χ1v) is 7.96. The first-order valence-electron chi connectivity index (χ1n) is 5.52. The van der Waals surface area contributed by atoms with Crippen LogP contribution in [-0.2, 0) is 15.6 Å². The van der Waals surface area contributed by atoms with Crippen molar-refractivity contribution in [1.82, 2.24) is 0 Å². The van der Waals surface area contributed by atoms with Gasteiger partial charge in [-0.15, -0.1) is 0 Å². The number of hydrogen-bond donors (Lipinski definition) is 1. The van der Waals surface area contributed by atoms with Gasteiger partial charge >= 0.3 is 0 Å². The van der Waals surface area contributed by atoms with Crippen LogP contribution in [0.25, 0.3) is 0 Å². The standard InChI is InChI=1S/C13H10BrF2NO2S/c14-8-4-5-12(17)13(6-8)20(18,19)7-9-10(15)2-1-3-11(9)16/h1-6H,7,17H2. The normalized spacial score (nSPS) is 11.6. The summed E-state index contributed by atoms with van der Waals surface area (Å²) in [5.74, 6) is -2.59. The van der Waals surface area contributed by atoms with Gasteiger partial charge in [0.15, 0.2) is 9.84 Å². The van der Waals surface area contributed by atoms with Gasteiger partial charge in [0.2, 0.25) is 0 Å². The summed E-state index contributed by atoms with van der Waals surface area (Å²) in [6, 6.07) is 7.50. The summed E-state index contributed by atoms with van der Waals surface area (Å²) in [5.41, 5.74) is 5.16. The zero-order chi connectivity index (χ0) is 14.9. The van der Waals surface area contributed by atoms with E-state index in [4.69, 9.17) is 5.73 Å². The highest BCUT2D eigenvalue weighted by molar-refractivity contribution is 9.10. The topological polar surface area (TPSA) is 60.2 Å². The van der Waals surface area contributed by atoms with Crippen molar-refractivity contribution in [3.05, 3.63) is 58.1 Å². The molecular weight excluding hydrogens is 352 g/mol. The van der Waals surface area contributed by atoms with Crippen LogP contribution in [0.3, 0.4) is 0 Å². The van der Waals surface area contributed by atoms with Crippen LogP contribution in [0.5, 0.6) is 0 Å². The molecule has 0 aliphatic carbocycles. The lowest BCUT2D eigenvalue weighted by Crippen LogP contribution is -2.10. The average molecular weight is 362 g/mol. The molecule has 3 nitrogen and oxygen atoms in total. The molecule has 0 atom stereocenters. The molecule has 0 aromatic heterocycles. The predicted octanol–water partition coefficient (Wildman–Crippen LogP) is 3.28. The molecule has 2 aromatic carbocycles. The molecule has 0 heterocycles. The zero-order valence-corrected chi connectivity index (χ0v) is 12.5. The van der Waals surface area contributed by atoms with Crippen molar-refractivity contribution < 1.29 is 17.2 Å². The molecule has 20 heavy (non-hydrogen) atoms. The Balaban J connectivity index is 2.49. The molecular formula is C13H10BrF2NO2S. The molecule has 0 aliphatic rings. The Bertz CT molecular complexity index is 743. The number of nitrogen functional groups attached to an aromatic ring is 1. The van der Waals surface area contributed by atoms with Gasteiger partial charge in [-0.1, -0.05) is 22.0 Å². The van der Waals surface area contributed by atoms with Gasteiger partial charge < -0.3 is 5.73 Å². The molecule has 7 heteroatoms. The molecule has 2 N–H and O–H groups in total. The molecule has 106 valence electrons. The third kappa shape index (κ3) is 2.99. The zero-order valence-electron chi connectivity index (χ0n) is 10.1. The summed E-state index contributed by atoms with van der Waals surface area (Å²) in [5, 5.41) is 0. The van der Waals surface area contributed by atoms with Gasteiger partial charge in [0, 0.05) is 10.0 Å². The van der Waals surface area contributed by atoms with Crippen molar-refractivity contribution in [2.45, 2.75) is 10.6 Å². The molecule has 0 radical (unpaired) electrons. The van der Waals surface area contributed by atoms with E-state index in [1.807, 2.05) is 0 Å². The lowest BCUT2D eigenvalue weighted by atomic mass is 10.2. The van der Waals surface area contributed by atoms with E-state index in [-0.39, 0.29) is 10.6 Å². The molecule has 2 rings (SSSR count). The van der Waals surface area contributed by atoms with Crippen LogP contribution in [-0.4, -0.2) is 8.42 Å². The van der Waals surface area contributed by atoms with Crippen LogP contribution < -0.4 is 5.73 Å². The molecule has 2 aromatic rings. The Labute approximate surface area is 123 Å². The van der Waals surface area contributed by atoms with E-state index in [0.717, 1.165) is 12.1 Å². The number of benzene rings is 2. The van der Waals surface area contributed by atoms with Crippen molar-refractivity contribution in [2.75, 3.05) is 5.73 Å². The maximum Gasteiger partial charge on any atom is 0.184 e. The second kappa shape index (κ2) is 5.49. The van der Waals surface area contributed by atoms with E-state index in [2.05, 4.69) is 15.9 Å². The van der Waals surface area contributed by atoms with Gasteiger partial charge in [-0.3, -0.25) is 0 Å². The smallest absolute Gasteiger partial charge is 0.184 e. The minimum Gasteiger partial charge on any atom is -0.398 e. The first-order chi connectivity index (χ1) is 9.31. The summed E-state index contributed by atoms with van der Waals surface area (Å²) in [4.78, 5) is -0.158. The van der Waals surface area contributed by atoms with Crippen molar-refractivity contribution in [3.8, 4) is 0 Å². The highest BCUT2D eigenvalue weighted by Crippen LogP contribution is 2.27. The maximum atomic E-state index is 13.5. The SMILES string of the molecule is Nc1ccc(Br)cc1S(=O)(=O)Cc1c(F)cccc1F. The number of nitrogens with two attached hydrogens (primary N) is 1. The second-order valence-electron chi connectivity index (χ2n) is 4.14. The fourth-order valence-electron chi connectivity index (χ4n) is 1.72. The van der Waals surface area contributed by atoms with Gasteiger partial charge in [-0.25, -0.2) is 17.2 Å². The average Bonchev–Trinajstić information content (AvgIpc) is 2.37. The number of anilines is 1. The molecule has 0 fully saturated rings.